The summed E-state index contributed by atoms with van der Waals surface area (Å²) in [5.74, 6) is -0.212. The molecule has 0 heterocycles. The molecule has 1 rings (SSSR count). The monoisotopic (exact) mass is 228 g/mol. The lowest BCUT2D eigenvalue weighted by molar-refractivity contribution is -0.141. The van der Waals surface area contributed by atoms with E-state index in [0.717, 1.165) is 12.8 Å². The fraction of sp³-hybridized carbons (Fsp3) is 0.818. The van der Waals surface area contributed by atoms with Gasteiger partial charge in [-0.25, -0.2) is 0 Å². The van der Waals surface area contributed by atoms with Crippen LogP contribution < -0.4 is 5.32 Å². The molecule has 0 saturated heterocycles. The Bertz CT molecular complexity index is 264. The van der Waals surface area contributed by atoms with Crippen molar-refractivity contribution in [2.45, 2.75) is 38.3 Å². The number of likely N-dealkylation sites (N-methyl/N-ethyl adjacent to an activating group) is 1. The Hall–Kier alpha value is -1.10. The van der Waals surface area contributed by atoms with Gasteiger partial charge in [0.25, 0.3) is 0 Å². The number of esters is 1. The normalized spacial score (nSPS) is 17.0. The lowest BCUT2D eigenvalue weighted by atomic mass is 10.2. The summed E-state index contributed by atoms with van der Waals surface area (Å²) in [6.07, 6.45) is 2.49. The number of rotatable bonds is 6. The van der Waals surface area contributed by atoms with Gasteiger partial charge in [0.05, 0.1) is 19.6 Å². The molecule has 1 aliphatic rings. The van der Waals surface area contributed by atoms with Gasteiger partial charge in [-0.3, -0.25) is 14.5 Å². The summed E-state index contributed by atoms with van der Waals surface area (Å²) in [5.41, 5.74) is 0. The lowest BCUT2D eigenvalue weighted by Crippen LogP contribution is -2.44. The molecule has 1 atom stereocenters. The minimum absolute atomic E-state index is 0.0369. The number of nitrogens with one attached hydrogen (secondary N) is 1. The quantitative estimate of drug-likeness (QED) is 0.657. The van der Waals surface area contributed by atoms with E-state index in [4.69, 9.17) is 0 Å². The highest BCUT2D eigenvalue weighted by molar-refractivity contribution is 5.81. The van der Waals surface area contributed by atoms with E-state index in [0.29, 0.717) is 19.0 Å². The van der Waals surface area contributed by atoms with Crippen molar-refractivity contribution in [3.63, 3.8) is 0 Å². The first-order valence-corrected chi connectivity index (χ1v) is 5.62. The molecule has 0 bridgehead atoms. The zero-order valence-corrected chi connectivity index (χ0v) is 10.2. The van der Waals surface area contributed by atoms with Gasteiger partial charge in [0.1, 0.15) is 0 Å². The van der Waals surface area contributed by atoms with Crippen LogP contribution in [-0.4, -0.2) is 49.6 Å². The van der Waals surface area contributed by atoms with E-state index >= 15 is 0 Å². The molecule has 16 heavy (non-hydrogen) atoms. The van der Waals surface area contributed by atoms with Crippen molar-refractivity contribution < 1.29 is 14.3 Å². The fourth-order valence-electron chi connectivity index (χ4n) is 1.31. The van der Waals surface area contributed by atoms with Gasteiger partial charge in [-0.2, -0.15) is 0 Å². The number of hydrogen-bond donors (Lipinski definition) is 1. The van der Waals surface area contributed by atoms with Crippen LogP contribution in [0.3, 0.4) is 0 Å². The van der Waals surface area contributed by atoms with Gasteiger partial charge in [-0.15, -0.1) is 0 Å². The summed E-state index contributed by atoms with van der Waals surface area (Å²) in [6.45, 7) is 2.38. The van der Waals surface area contributed by atoms with E-state index in [9.17, 15) is 9.59 Å². The van der Waals surface area contributed by atoms with Crippen LogP contribution in [0.1, 0.15) is 26.2 Å². The Morgan fingerprint density at radius 3 is 2.62 bits per heavy atom. The van der Waals surface area contributed by atoms with Crippen molar-refractivity contribution in [3.05, 3.63) is 0 Å². The Morgan fingerprint density at radius 2 is 2.12 bits per heavy atom. The van der Waals surface area contributed by atoms with Gasteiger partial charge in [-0.1, -0.05) is 0 Å². The zero-order chi connectivity index (χ0) is 12.1. The molecule has 1 saturated carbocycles. The summed E-state index contributed by atoms with van der Waals surface area (Å²) >= 11 is 0. The van der Waals surface area contributed by atoms with Gasteiger partial charge in [-0.05, 0) is 26.8 Å². The molecule has 5 nitrogen and oxygen atoms in total. The summed E-state index contributed by atoms with van der Waals surface area (Å²) in [7, 11) is 3.20. The topological polar surface area (TPSA) is 58.6 Å². The minimum Gasteiger partial charge on any atom is -0.469 e. The van der Waals surface area contributed by atoms with Crippen molar-refractivity contribution in [1.29, 1.82) is 0 Å². The Balaban J connectivity index is 2.25. The third-order valence-electron chi connectivity index (χ3n) is 2.86. The summed E-state index contributed by atoms with van der Waals surface area (Å²) < 4.78 is 4.55. The number of methoxy groups -OCH3 is 1. The molecule has 0 aromatic carbocycles. The SMILES string of the molecule is COC(=O)CCN(C)C(C)C(=O)NC1CC1. The molecule has 1 aliphatic carbocycles. The van der Waals surface area contributed by atoms with Crippen LogP contribution in [0.4, 0.5) is 0 Å². The number of carbonyl (C=O) groups excluding carboxylic acids is 2. The van der Waals surface area contributed by atoms with E-state index in [-0.39, 0.29) is 17.9 Å². The van der Waals surface area contributed by atoms with E-state index in [1.165, 1.54) is 7.11 Å². The van der Waals surface area contributed by atoms with Gasteiger partial charge < -0.3 is 10.1 Å². The van der Waals surface area contributed by atoms with Crippen LogP contribution in [0.25, 0.3) is 0 Å². The Morgan fingerprint density at radius 1 is 1.50 bits per heavy atom. The molecule has 0 spiro atoms. The Kier molecular flexibility index (Phi) is 4.73. The van der Waals surface area contributed by atoms with E-state index in [2.05, 4.69) is 10.1 Å². The second-order valence-corrected chi connectivity index (χ2v) is 4.27. The number of nitrogens with zero attached hydrogens (tertiary/aromatic N) is 1. The highest BCUT2D eigenvalue weighted by Crippen LogP contribution is 2.18. The second-order valence-electron chi connectivity index (χ2n) is 4.27. The number of amides is 1. The van der Waals surface area contributed by atoms with Crippen LogP contribution in [0.2, 0.25) is 0 Å². The first-order valence-electron chi connectivity index (χ1n) is 5.62. The van der Waals surface area contributed by atoms with Crippen LogP contribution in [0, 0.1) is 0 Å². The lowest BCUT2D eigenvalue weighted by Gasteiger charge is -2.23. The largest absolute Gasteiger partial charge is 0.469 e. The standard InChI is InChI=1S/C11H20N2O3/c1-8(11(15)12-9-4-5-9)13(2)7-6-10(14)16-3/h8-9H,4-7H2,1-3H3,(H,12,15). The molecule has 1 fully saturated rings. The van der Waals surface area contributed by atoms with E-state index < -0.39 is 0 Å². The van der Waals surface area contributed by atoms with Crippen molar-refractivity contribution in [2.24, 2.45) is 0 Å². The molecule has 5 heteroatoms. The number of hydrogen-bond acceptors (Lipinski definition) is 4. The van der Waals surface area contributed by atoms with E-state index in [1.807, 2.05) is 18.9 Å². The molecule has 0 aliphatic heterocycles. The molecule has 1 amide bonds. The van der Waals surface area contributed by atoms with Gasteiger partial charge in [0.15, 0.2) is 0 Å². The predicted molar refractivity (Wildman–Crippen MR) is 59.9 cm³/mol. The first-order chi connectivity index (χ1) is 7.54. The fourth-order valence-corrected chi connectivity index (χ4v) is 1.31. The van der Waals surface area contributed by atoms with Gasteiger partial charge in [0, 0.05) is 12.6 Å². The zero-order valence-electron chi connectivity index (χ0n) is 10.2. The maximum Gasteiger partial charge on any atom is 0.306 e. The van der Waals surface area contributed by atoms with Crippen LogP contribution in [0.15, 0.2) is 0 Å². The van der Waals surface area contributed by atoms with Crippen molar-refractivity contribution >= 4 is 11.9 Å². The molecule has 0 aromatic rings. The first kappa shape index (κ1) is 13.0. The molecular weight excluding hydrogens is 208 g/mol. The van der Waals surface area contributed by atoms with Crippen LogP contribution in [0.5, 0.6) is 0 Å². The van der Waals surface area contributed by atoms with Crippen molar-refractivity contribution in [2.75, 3.05) is 20.7 Å². The van der Waals surface area contributed by atoms with E-state index in [1.54, 1.807) is 0 Å². The van der Waals surface area contributed by atoms with Crippen LogP contribution >= 0.6 is 0 Å². The van der Waals surface area contributed by atoms with Crippen LogP contribution in [-0.2, 0) is 14.3 Å². The maximum absolute atomic E-state index is 11.7. The molecule has 0 aromatic heterocycles. The number of ether oxygens (including phenoxy) is 1. The molecular formula is C11H20N2O3. The van der Waals surface area contributed by atoms with Crippen molar-refractivity contribution in [3.8, 4) is 0 Å². The van der Waals surface area contributed by atoms with Gasteiger partial charge >= 0.3 is 5.97 Å². The Labute approximate surface area is 96.1 Å². The minimum atomic E-state index is -0.248. The highest BCUT2D eigenvalue weighted by Gasteiger charge is 2.27. The summed E-state index contributed by atoms with van der Waals surface area (Å²) in [4.78, 5) is 24.5. The predicted octanol–water partition coefficient (Wildman–Crippen LogP) is 0.148. The summed E-state index contributed by atoms with van der Waals surface area (Å²) in [6, 6.07) is 0.175. The molecule has 1 unspecified atom stereocenters. The molecule has 1 N–H and O–H groups in total. The highest BCUT2D eigenvalue weighted by atomic mass is 16.5. The molecule has 0 radical (unpaired) electrons. The number of carbonyl (C=O) groups is 2. The van der Waals surface area contributed by atoms with Crippen molar-refractivity contribution in [1.82, 2.24) is 10.2 Å². The second kappa shape index (κ2) is 5.84. The average molecular weight is 228 g/mol. The summed E-state index contributed by atoms with van der Waals surface area (Å²) in [5, 5.41) is 2.94. The third kappa shape index (κ3) is 4.18. The average Bonchev–Trinajstić information content (AvgIpc) is 3.07. The van der Waals surface area contributed by atoms with Gasteiger partial charge in [0.2, 0.25) is 5.91 Å². The third-order valence-corrected chi connectivity index (χ3v) is 2.86. The smallest absolute Gasteiger partial charge is 0.306 e. The molecule has 92 valence electrons. The maximum atomic E-state index is 11.7.